The zero-order valence-electron chi connectivity index (χ0n) is 14.0. The maximum absolute atomic E-state index is 11.0. The number of carboxylic acids is 1. The van der Waals surface area contributed by atoms with Gasteiger partial charge in [0.25, 0.3) is 0 Å². The fourth-order valence-corrected chi connectivity index (χ4v) is 2.55. The van der Waals surface area contributed by atoms with Gasteiger partial charge in [-0.1, -0.05) is 0 Å². The minimum atomic E-state index is -0.938. The van der Waals surface area contributed by atoms with Crippen LogP contribution >= 0.6 is 0 Å². The first-order chi connectivity index (χ1) is 12.1. The number of methoxy groups -OCH3 is 1. The Balaban J connectivity index is 1.88. The van der Waals surface area contributed by atoms with Crippen LogP contribution in [0.4, 0.5) is 5.69 Å². The highest BCUT2D eigenvalue weighted by Gasteiger charge is 2.06. The van der Waals surface area contributed by atoms with Gasteiger partial charge in [0.2, 0.25) is 0 Å². The van der Waals surface area contributed by atoms with Crippen LogP contribution in [0.5, 0.6) is 5.75 Å². The summed E-state index contributed by atoms with van der Waals surface area (Å²) in [6, 6.07) is 16.6. The molecule has 0 saturated carbocycles. The third kappa shape index (κ3) is 3.61. The average Bonchev–Trinajstić information content (AvgIpc) is 3.09. The van der Waals surface area contributed by atoms with E-state index in [0.717, 1.165) is 28.4 Å². The highest BCUT2D eigenvalue weighted by atomic mass is 16.5. The van der Waals surface area contributed by atoms with E-state index in [9.17, 15) is 4.79 Å². The summed E-state index contributed by atoms with van der Waals surface area (Å²) < 4.78 is 7.20. The van der Waals surface area contributed by atoms with E-state index in [1.165, 1.54) is 0 Å². The van der Waals surface area contributed by atoms with Crippen molar-refractivity contribution in [2.75, 3.05) is 7.11 Å². The van der Waals surface area contributed by atoms with Crippen LogP contribution in [-0.4, -0.2) is 29.0 Å². The van der Waals surface area contributed by atoms with E-state index in [0.29, 0.717) is 0 Å². The van der Waals surface area contributed by atoms with E-state index in [1.54, 1.807) is 31.5 Å². The van der Waals surface area contributed by atoms with Gasteiger partial charge in [0.15, 0.2) is 0 Å². The smallest absolute Gasteiger partial charge is 0.335 e. The Hall–Kier alpha value is -3.34. The van der Waals surface area contributed by atoms with E-state index in [4.69, 9.17) is 9.84 Å². The third-order valence-electron chi connectivity index (χ3n) is 3.91. The van der Waals surface area contributed by atoms with Crippen LogP contribution in [0, 0.1) is 6.92 Å². The number of benzene rings is 2. The SMILES string of the molecule is COc1ccc(-n2cccc2C=Nc2ccc(C(=O)O)cc2C)cc1. The number of ether oxygens (including phenoxy) is 1. The fourth-order valence-electron chi connectivity index (χ4n) is 2.55. The van der Waals surface area contributed by atoms with Crippen molar-refractivity contribution in [1.82, 2.24) is 4.57 Å². The molecule has 0 aliphatic rings. The number of rotatable bonds is 5. The van der Waals surface area contributed by atoms with Crippen molar-refractivity contribution in [3.05, 3.63) is 77.6 Å². The molecule has 5 nitrogen and oxygen atoms in total. The summed E-state index contributed by atoms with van der Waals surface area (Å²) in [5, 5.41) is 9.03. The lowest BCUT2D eigenvalue weighted by Gasteiger charge is -2.07. The Morgan fingerprint density at radius 3 is 2.56 bits per heavy atom. The Morgan fingerprint density at radius 1 is 1.16 bits per heavy atom. The van der Waals surface area contributed by atoms with Crippen LogP contribution in [0.25, 0.3) is 5.69 Å². The summed E-state index contributed by atoms with van der Waals surface area (Å²) >= 11 is 0. The number of hydrogen-bond acceptors (Lipinski definition) is 3. The second-order valence-electron chi connectivity index (χ2n) is 5.57. The van der Waals surface area contributed by atoms with Crippen LogP contribution in [0.1, 0.15) is 21.6 Å². The molecule has 0 saturated heterocycles. The molecule has 2 aromatic carbocycles. The molecule has 126 valence electrons. The van der Waals surface area contributed by atoms with Crippen LogP contribution in [0.15, 0.2) is 65.8 Å². The molecular weight excluding hydrogens is 316 g/mol. The van der Waals surface area contributed by atoms with Gasteiger partial charge >= 0.3 is 5.97 Å². The van der Waals surface area contributed by atoms with Gasteiger partial charge in [-0.05, 0) is 67.1 Å². The molecule has 0 radical (unpaired) electrons. The van der Waals surface area contributed by atoms with Gasteiger partial charge in [-0.2, -0.15) is 0 Å². The monoisotopic (exact) mass is 334 g/mol. The summed E-state index contributed by atoms with van der Waals surface area (Å²) in [5.41, 5.74) is 3.75. The molecular formula is C20H18N2O3. The van der Waals surface area contributed by atoms with Crippen LogP contribution < -0.4 is 4.74 Å². The van der Waals surface area contributed by atoms with E-state index < -0.39 is 5.97 Å². The van der Waals surface area contributed by atoms with E-state index >= 15 is 0 Å². The number of carboxylic acid groups (broad SMARTS) is 1. The molecule has 1 aromatic heterocycles. The Kier molecular flexibility index (Phi) is 4.66. The van der Waals surface area contributed by atoms with Gasteiger partial charge in [-0.25, -0.2) is 4.79 Å². The number of aromatic nitrogens is 1. The minimum Gasteiger partial charge on any atom is -0.497 e. The largest absolute Gasteiger partial charge is 0.497 e. The molecule has 0 amide bonds. The van der Waals surface area contributed by atoms with Gasteiger partial charge in [-0.15, -0.1) is 0 Å². The lowest BCUT2D eigenvalue weighted by atomic mass is 10.1. The van der Waals surface area contributed by atoms with E-state index in [-0.39, 0.29) is 5.56 Å². The van der Waals surface area contributed by atoms with Crippen LogP contribution in [-0.2, 0) is 0 Å². The van der Waals surface area contributed by atoms with Crippen molar-refractivity contribution in [2.45, 2.75) is 6.92 Å². The zero-order valence-corrected chi connectivity index (χ0v) is 14.0. The van der Waals surface area contributed by atoms with Crippen LogP contribution in [0.3, 0.4) is 0 Å². The Bertz CT molecular complexity index is 924. The van der Waals surface area contributed by atoms with Crippen molar-refractivity contribution in [3.8, 4) is 11.4 Å². The Labute approximate surface area is 145 Å². The van der Waals surface area contributed by atoms with Crippen LogP contribution in [0.2, 0.25) is 0 Å². The molecule has 0 fully saturated rings. The highest BCUT2D eigenvalue weighted by molar-refractivity contribution is 5.89. The first-order valence-corrected chi connectivity index (χ1v) is 7.78. The summed E-state index contributed by atoms with van der Waals surface area (Å²) in [5.74, 6) is -0.132. The normalized spacial score (nSPS) is 11.0. The standard InChI is InChI=1S/C20H18N2O3/c1-14-12-15(20(23)24)5-10-19(14)21-13-17-4-3-11-22(17)16-6-8-18(25-2)9-7-16/h3-13H,1-2H3,(H,23,24). The fraction of sp³-hybridized carbons (Fsp3) is 0.100. The number of aryl methyl sites for hydroxylation is 1. The quantitative estimate of drug-likeness (QED) is 0.710. The average molecular weight is 334 g/mol. The number of nitrogens with zero attached hydrogens (tertiary/aromatic N) is 2. The summed E-state index contributed by atoms with van der Waals surface area (Å²) in [6.45, 7) is 1.85. The molecule has 0 unspecified atom stereocenters. The number of carbonyl (C=O) groups is 1. The second-order valence-corrected chi connectivity index (χ2v) is 5.57. The summed E-state index contributed by atoms with van der Waals surface area (Å²) in [7, 11) is 1.64. The van der Waals surface area contributed by atoms with Crippen molar-refractivity contribution >= 4 is 17.9 Å². The van der Waals surface area contributed by atoms with E-state index in [1.807, 2.05) is 54.1 Å². The predicted molar refractivity (Wildman–Crippen MR) is 97.7 cm³/mol. The number of aliphatic imine (C=N–C) groups is 1. The van der Waals surface area contributed by atoms with Gasteiger partial charge < -0.3 is 14.4 Å². The predicted octanol–water partition coefficient (Wildman–Crippen LogP) is 4.24. The summed E-state index contributed by atoms with van der Waals surface area (Å²) in [4.78, 5) is 15.5. The van der Waals surface area contributed by atoms with Crippen molar-refractivity contribution in [2.24, 2.45) is 4.99 Å². The van der Waals surface area contributed by atoms with E-state index in [2.05, 4.69) is 4.99 Å². The first kappa shape index (κ1) is 16.5. The van der Waals surface area contributed by atoms with Crippen molar-refractivity contribution in [3.63, 3.8) is 0 Å². The number of hydrogen-bond donors (Lipinski definition) is 1. The molecule has 0 atom stereocenters. The molecule has 0 spiro atoms. The maximum atomic E-state index is 11.0. The third-order valence-corrected chi connectivity index (χ3v) is 3.91. The molecule has 25 heavy (non-hydrogen) atoms. The lowest BCUT2D eigenvalue weighted by Crippen LogP contribution is -1.98. The zero-order chi connectivity index (χ0) is 17.8. The van der Waals surface area contributed by atoms with Crippen molar-refractivity contribution in [1.29, 1.82) is 0 Å². The minimum absolute atomic E-state index is 0.262. The van der Waals surface area contributed by atoms with Gasteiger partial charge in [0.1, 0.15) is 5.75 Å². The maximum Gasteiger partial charge on any atom is 0.335 e. The molecule has 0 aliphatic heterocycles. The molecule has 0 bridgehead atoms. The topological polar surface area (TPSA) is 63.8 Å². The molecule has 0 aliphatic carbocycles. The molecule has 1 N–H and O–H groups in total. The van der Waals surface area contributed by atoms with Gasteiger partial charge in [0.05, 0.1) is 30.3 Å². The summed E-state index contributed by atoms with van der Waals surface area (Å²) in [6.07, 6.45) is 3.73. The second kappa shape index (κ2) is 7.05. The number of aromatic carboxylic acids is 1. The first-order valence-electron chi connectivity index (χ1n) is 7.78. The molecule has 3 rings (SSSR count). The highest BCUT2D eigenvalue weighted by Crippen LogP contribution is 2.21. The molecule has 5 heteroatoms. The lowest BCUT2D eigenvalue weighted by molar-refractivity contribution is 0.0697. The molecule has 1 heterocycles. The van der Waals surface area contributed by atoms with Gasteiger partial charge in [0, 0.05) is 11.9 Å². The Morgan fingerprint density at radius 2 is 1.92 bits per heavy atom. The van der Waals surface area contributed by atoms with Gasteiger partial charge in [-0.3, -0.25) is 4.99 Å². The van der Waals surface area contributed by atoms with Crippen molar-refractivity contribution < 1.29 is 14.6 Å². The molecule has 3 aromatic rings.